The average Bonchev–Trinajstić information content (AvgIpc) is 2.58. The van der Waals surface area contributed by atoms with Gasteiger partial charge in [-0.05, 0) is 36.8 Å². The van der Waals surface area contributed by atoms with Crippen LogP contribution in [0.4, 0.5) is 4.39 Å². The van der Waals surface area contributed by atoms with Crippen molar-refractivity contribution in [3.8, 4) is 5.75 Å². The van der Waals surface area contributed by atoms with Crippen molar-refractivity contribution >= 4 is 17.5 Å². The minimum atomic E-state index is -0.567. The Morgan fingerprint density at radius 1 is 1.12 bits per heavy atom. The standard InChI is InChI=1S/C17H16FN3O3/c1-11(12-6-8-13(18)9-7-12)20-21-16(23)10-19-17(24)14-4-2-3-5-15(14)22/h2-9,22H,10H2,1H3,(H,19,24)(H,21,23)/b20-11+. The lowest BCUT2D eigenvalue weighted by molar-refractivity contribution is -0.120. The number of benzene rings is 2. The fourth-order valence-electron chi connectivity index (χ4n) is 1.86. The zero-order valence-corrected chi connectivity index (χ0v) is 12.9. The molecule has 0 radical (unpaired) electrons. The van der Waals surface area contributed by atoms with Crippen LogP contribution in [0.15, 0.2) is 53.6 Å². The van der Waals surface area contributed by atoms with Gasteiger partial charge in [0, 0.05) is 0 Å². The molecule has 2 aromatic rings. The lowest BCUT2D eigenvalue weighted by atomic mass is 10.1. The minimum Gasteiger partial charge on any atom is -0.507 e. The van der Waals surface area contributed by atoms with Gasteiger partial charge in [0.2, 0.25) is 0 Å². The molecule has 2 amide bonds. The zero-order chi connectivity index (χ0) is 17.5. The maximum atomic E-state index is 12.8. The van der Waals surface area contributed by atoms with Gasteiger partial charge in [0.1, 0.15) is 11.6 Å². The molecule has 0 aliphatic rings. The molecule has 24 heavy (non-hydrogen) atoms. The third-order valence-electron chi connectivity index (χ3n) is 3.17. The molecule has 0 fully saturated rings. The van der Waals surface area contributed by atoms with Crippen LogP contribution in [0.5, 0.6) is 5.75 Å². The van der Waals surface area contributed by atoms with E-state index in [9.17, 15) is 19.1 Å². The van der Waals surface area contributed by atoms with Gasteiger partial charge in [0.25, 0.3) is 11.8 Å². The number of hydrogen-bond acceptors (Lipinski definition) is 4. The van der Waals surface area contributed by atoms with E-state index in [2.05, 4.69) is 15.8 Å². The Morgan fingerprint density at radius 3 is 2.46 bits per heavy atom. The molecule has 6 nitrogen and oxygen atoms in total. The van der Waals surface area contributed by atoms with Crippen LogP contribution in [-0.4, -0.2) is 29.2 Å². The Labute approximate surface area is 138 Å². The predicted octanol–water partition coefficient (Wildman–Crippen LogP) is 1.80. The van der Waals surface area contributed by atoms with Crippen molar-refractivity contribution in [2.75, 3.05) is 6.54 Å². The number of nitrogens with zero attached hydrogens (tertiary/aromatic N) is 1. The van der Waals surface area contributed by atoms with Crippen molar-refractivity contribution in [3.63, 3.8) is 0 Å². The number of hydrazone groups is 1. The topological polar surface area (TPSA) is 90.8 Å². The van der Waals surface area contributed by atoms with E-state index in [-0.39, 0.29) is 23.7 Å². The van der Waals surface area contributed by atoms with Crippen molar-refractivity contribution in [3.05, 3.63) is 65.5 Å². The fraction of sp³-hybridized carbons (Fsp3) is 0.118. The molecule has 7 heteroatoms. The van der Waals surface area contributed by atoms with E-state index in [4.69, 9.17) is 0 Å². The number of rotatable bonds is 5. The summed E-state index contributed by atoms with van der Waals surface area (Å²) in [5.74, 6) is -1.62. The van der Waals surface area contributed by atoms with Gasteiger partial charge in [-0.25, -0.2) is 9.82 Å². The van der Waals surface area contributed by atoms with Crippen LogP contribution >= 0.6 is 0 Å². The molecule has 0 saturated carbocycles. The van der Waals surface area contributed by atoms with Gasteiger partial charge < -0.3 is 10.4 Å². The number of nitrogens with one attached hydrogen (secondary N) is 2. The Kier molecular flexibility index (Phi) is 5.62. The summed E-state index contributed by atoms with van der Waals surface area (Å²) in [4.78, 5) is 23.5. The lowest BCUT2D eigenvalue weighted by Crippen LogP contribution is -2.35. The molecule has 0 unspecified atom stereocenters. The first kappa shape index (κ1) is 17.1. The second-order valence-electron chi connectivity index (χ2n) is 4.94. The first-order valence-electron chi connectivity index (χ1n) is 7.12. The lowest BCUT2D eigenvalue weighted by Gasteiger charge is -2.06. The third-order valence-corrected chi connectivity index (χ3v) is 3.17. The van der Waals surface area contributed by atoms with E-state index >= 15 is 0 Å². The molecule has 124 valence electrons. The zero-order valence-electron chi connectivity index (χ0n) is 12.9. The number of phenolic OH excluding ortho intramolecular Hbond substituents is 1. The monoisotopic (exact) mass is 329 g/mol. The van der Waals surface area contributed by atoms with Crippen LogP contribution in [0.25, 0.3) is 0 Å². The van der Waals surface area contributed by atoms with E-state index < -0.39 is 11.8 Å². The van der Waals surface area contributed by atoms with Crippen LogP contribution in [-0.2, 0) is 4.79 Å². The number of carbonyl (C=O) groups excluding carboxylic acids is 2. The van der Waals surface area contributed by atoms with Crippen LogP contribution in [0, 0.1) is 5.82 Å². The molecule has 0 aliphatic heterocycles. The number of halogens is 1. The third kappa shape index (κ3) is 4.64. The molecular formula is C17H16FN3O3. The highest BCUT2D eigenvalue weighted by Gasteiger charge is 2.11. The molecule has 0 aromatic heterocycles. The Balaban J connectivity index is 1.87. The molecule has 0 aliphatic carbocycles. The van der Waals surface area contributed by atoms with Crippen LogP contribution in [0.3, 0.4) is 0 Å². The number of phenols is 1. The van der Waals surface area contributed by atoms with Crippen molar-refractivity contribution in [2.45, 2.75) is 6.92 Å². The fourth-order valence-corrected chi connectivity index (χ4v) is 1.86. The summed E-state index contributed by atoms with van der Waals surface area (Å²) in [6.07, 6.45) is 0. The van der Waals surface area contributed by atoms with E-state index in [1.54, 1.807) is 31.2 Å². The summed E-state index contributed by atoms with van der Waals surface area (Å²) in [7, 11) is 0. The average molecular weight is 329 g/mol. The van der Waals surface area contributed by atoms with Crippen LogP contribution in [0.2, 0.25) is 0 Å². The van der Waals surface area contributed by atoms with E-state index in [0.717, 1.165) is 0 Å². The second kappa shape index (κ2) is 7.87. The molecular weight excluding hydrogens is 313 g/mol. The number of hydrogen-bond donors (Lipinski definition) is 3. The van der Waals surface area contributed by atoms with Crippen molar-refractivity contribution < 1.29 is 19.1 Å². The van der Waals surface area contributed by atoms with Gasteiger partial charge in [-0.15, -0.1) is 0 Å². The van der Waals surface area contributed by atoms with Crippen molar-refractivity contribution in [1.29, 1.82) is 0 Å². The number of amides is 2. The van der Waals surface area contributed by atoms with Crippen LogP contribution < -0.4 is 10.7 Å². The maximum Gasteiger partial charge on any atom is 0.259 e. The van der Waals surface area contributed by atoms with Crippen LogP contribution in [0.1, 0.15) is 22.8 Å². The second-order valence-corrected chi connectivity index (χ2v) is 4.94. The van der Waals surface area contributed by atoms with E-state index in [1.807, 2.05) is 0 Å². The highest BCUT2D eigenvalue weighted by atomic mass is 19.1. The molecule has 0 atom stereocenters. The first-order valence-corrected chi connectivity index (χ1v) is 7.12. The number of aromatic hydroxyl groups is 1. The van der Waals surface area contributed by atoms with Gasteiger partial charge in [0.15, 0.2) is 0 Å². The first-order chi connectivity index (χ1) is 11.5. The highest BCUT2D eigenvalue weighted by molar-refractivity contribution is 6.00. The smallest absolute Gasteiger partial charge is 0.259 e. The summed E-state index contributed by atoms with van der Waals surface area (Å²) in [5.41, 5.74) is 3.53. The minimum absolute atomic E-state index is 0.0799. The van der Waals surface area contributed by atoms with Crippen molar-refractivity contribution in [1.82, 2.24) is 10.7 Å². The molecule has 0 saturated heterocycles. The SMILES string of the molecule is C/C(=N\NC(=O)CNC(=O)c1ccccc1O)c1ccc(F)cc1. The molecule has 0 heterocycles. The highest BCUT2D eigenvalue weighted by Crippen LogP contribution is 2.14. The molecule has 2 aromatic carbocycles. The predicted molar refractivity (Wildman–Crippen MR) is 87.2 cm³/mol. The van der Waals surface area contributed by atoms with Gasteiger partial charge in [-0.2, -0.15) is 5.10 Å². The van der Waals surface area contributed by atoms with Crippen molar-refractivity contribution in [2.24, 2.45) is 5.10 Å². The number of carbonyl (C=O) groups is 2. The Bertz CT molecular complexity index is 773. The largest absolute Gasteiger partial charge is 0.507 e. The van der Waals surface area contributed by atoms with E-state index in [0.29, 0.717) is 11.3 Å². The van der Waals surface area contributed by atoms with E-state index in [1.165, 1.54) is 24.3 Å². The summed E-state index contributed by atoms with van der Waals surface area (Å²) in [5, 5.41) is 15.8. The van der Waals surface area contributed by atoms with Gasteiger partial charge in [-0.3, -0.25) is 9.59 Å². The quantitative estimate of drug-likeness (QED) is 0.577. The normalized spacial score (nSPS) is 11.0. The molecule has 0 bridgehead atoms. The Morgan fingerprint density at radius 2 is 1.79 bits per heavy atom. The summed E-state index contributed by atoms with van der Waals surface area (Å²) in [6.45, 7) is 1.36. The number of para-hydroxylation sites is 1. The van der Waals surface area contributed by atoms with Gasteiger partial charge >= 0.3 is 0 Å². The van der Waals surface area contributed by atoms with Gasteiger partial charge in [0.05, 0.1) is 17.8 Å². The maximum absolute atomic E-state index is 12.8. The summed E-state index contributed by atoms with van der Waals surface area (Å²) >= 11 is 0. The molecule has 0 spiro atoms. The summed E-state index contributed by atoms with van der Waals surface area (Å²) in [6, 6.07) is 11.7. The molecule has 2 rings (SSSR count). The molecule has 3 N–H and O–H groups in total. The Hall–Kier alpha value is -3.22. The summed E-state index contributed by atoms with van der Waals surface area (Å²) < 4.78 is 12.8. The van der Waals surface area contributed by atoms with Gasteiger partial charge in [-0.1, -0.05) is 24.3 Å².